The van der Waals surface area contributed by atoms with E-state index in [2.05, 4.69) is 79.9 Å². The average molecular weight is 825 g/mol. The van der Waals surface area contributed by atoms with Crippen molar-refractivity contribution in [3.8, 4) is 0 Å². The van der Waals surface area contributed by atoms with Crippen molar-refractivity contribution in [2.45, 2.75) is 244 Å². The molecule has 0 bridgehead atoms. The second-order valence-corrected chi connectivity index (χ2v) is 16.5. The number of ether oxygens (including phenoxy) is 1. The van der Waals surface area contributed by atoms with Crippen molar-refractivity contribution in [3.63, 3.8) is 0 Å². The molecule has 4 N–H and O–H groups in total. The fraction of sp³-hybridized carbons (Fsp3) is 0.750. The van der Waals surface area contributed by atoms with Gasteiger partial charge in [0.05, 0.1) is 0 Å². The average Bonchev–Trinajstić information content (AvgIpc) is 3.22. The molecule has 2 unspecified atom stereocenters. The zero-order valence-corrected chi connectivity index (χ0v) is 38.3. The van der Waals surface area contributed by atoms with Crippen LogP contribution in [-0.4, -0.2) is 41.6 Å². The number of aliphatic carboxylic acids is 1. The van der Waals surface area contributed by atoms with Crippen molar-refractivity contribution in [2.75, 3.05) is 6.54 Å². The van der Waals surface area contributed by atoms with E-state index in [1.165, 1.54) is 103 Å². The van der Waals surface area contributed by atoms with Crippen LogP contribution in [0.15, 0.2) is 60.8 Å². The predicted octanol–water partition coefficient (Wildman–Crippen LogP) is 14.5. The van der Waals surface area contributed by atoms with Gasteiger partial charge >= 0.3 is 11.9 Å². The first kappa shape index (κ1) is 56.1. The molecule has 0 aromatic rings. The van der Waals surface area contributed by atoms with Gasteiger partial charge in [-0.2, -0.15) is 0 Å². The highest BCUT2D eigenvalue weighted by atomic mass is 16.5. The van der Waals surface area contributed by atoms with Crippen LogP contribution in [-0.2, 0) is 19.1 Å². The molecule has 0 aliphatic carbocycles. The second kappa shape index (κ2) is 46.1. The molecular weight excluding hydrogens is 733 g/mol. The van der Waals surface area contributed by atoms with Gasteiger partial charge in [-0.05, 0) is 103 Å². The minimum Gasteiger partial charge on any atom is -0.480 e. The largest absolute Gasteiger partial charge is 0.480 e. The zero-order valence-electron chi connectivity index (χ0n) is 38.3. The maximum atomic E-state index is 12.8. The summed E-state index contributed by atoms with van der Waals surface area (Å²) in [6.07, 6.45) is 58.7. The number of rotatable bonds is 44. The number of amides is 1. The van der Waals surface area contributed by atoms with Crippen molar-refractivity contribution >= 4 is 17.8 Å². The number of nitrogens with one attached hydrogen (secondary N) is 1. The van der Waals surface area contributed by atoms with Crippen molar-refractivity contribution in [3.05, 3.63) is 60.8 Å². The number of unbranched alkanes of at least 4 members (excludes halogenated alkanes) is 22. The first-order valence-corrected chi connectivity index (χ1v) is 24.6. The van der Waals surface area contributed by atoms with Crippen LogP contribution in [0.1, 0.15) is 232 Å². The molecule has 0 radical (unpaired) electrons. The Morgan fingerprint density at radius 2 is 0.983 bits per heavy atom. The van der Waals surface area contributed by atoms with E-state index in [-0.39, 0.29) is 18.0 Å². The van der Waals surface area contributed by atoms with E-state index >= 15 is 0 Å². The zero-order chi connectivity index (χ0) is 43.1. The molecule has 0 fully saturated rings. The van der Waals surface area contributed by atoms with Gasteiger partial charge < -0.3 is 20.9 Å². The van der Waals surface area contributed by atoms with Crippen molar-refractivity contribution in [2.24, 2.45) is 5.73 Å². The molecule has 1 amide bonds. The molecule has 0 heterocycles. The number of nitrogens with two attached hydrogens (primary N) is 1. The summed E-state index contributed by atoms with van der Waals surface area (Å²) in [7, 11) is 0. The van der Waals surface area contributed by atoms with Gasteiger partial charge in [0.25, 0.3) is 0 Å². The normalized spacial score (nSPS) is 13.1. The van der Waals surface area contributed by atoms with E-state index in [9.17, 15) is 19.5 Å². The minimum atomic E-state index is -1.00. The van der Waals surface area contributed by atoms with Crippen LogP contribution < -0.4 is 11.1 Å². The Labute approximate surface area is 363 Å². The topological polar surface area (TPSA) is 119 Å². The first-order valence-electron chi connectivity index (χ1n) is 24.6. The van der Waals surface area contributed by atoms with Crippen LogP contribution in [0.3, 0.4) is 0 Å². The maximum absolute atomic E-state index is 12.8. The Balaban J connectivity index is 4.16. The number of hydrogen-bond donors (Lipinski definition) is 3. The quantitative estimate of drug-likeness (QED) is 0.0320. The van der Waals surface area contributed by atoms with E-state index in [1.54, 1.807) is 0 Å². The molecule has 0 aromatic carbocycles. The number of allylic oxidation sites excluding steroid dienone is 9. The van der Waals surface area contributed by atoms with Gasteiger partial charge in [-0.3, -0.25) is 9.59 Å². The summed E-state index contributed by atoms with van der Waals surface area (Å²) in [5.41, 5.74) is 5.48. The van der Waals surface area contributed by atoms with E-state index < -0.39 is 12.0 Å². The number of carboxylic acids is 1. The fourth-order valence-corrected chi connectivity index (χ4v) is 7.12. The highest BCUT2D eigenvalue weighted by molar-refractivity contribution is 5.83. The van der Waals surface area contributed by atoms with Crippen LogP contribution in [0.5, 0.6) is 0 Å². The Morgan fingerprint density at radius 1 is 0.525 bits per heavy atom. The Morgan fingerprint density at radius 3 is 1.51 bits per heavy atom. The summed E-state index contributed by atoms with van der Waals surface area (Å²) in [5.74, 6) is -1.27. The summed E-state index contributed by atoms with van der Waals surface area (Å²) < 4.78 is 5.99. The van der Waals surface area contributed by atoms with Crippen molar-refractivity contribution in [1.29, 1.82) is 0 Å². The second-order valence-electron chi connectivity index (χ2n) is 16.5. The number of hydrogen-bond acceptors (Lipinski definition) is 5. The molecule has 0 aliphatic heterocycles. The van der Waals surface area contributed by atoms with Crippen LogP contribution >= 0.6 is 0 Å². The van der Waals surface area contributed by atoms with Gasteiger partial charge in [-0.15, -0.1) is 0 Å². The highest BCUT2D eigenvalue weighted by Gasteiger charge is 2.18. The lowest BCUT2D eigenvalue weighted by Gasteiger charge is -2.15. The van der Waals surface area contributed by atoms with Crippen molar-refractivity contribution < 1.29 is 24.2 Å². The lowest BCUT2D eigenvalue weighted by atomic mass is 10.0. The standard InChI is InChI=1S/C52H92N2O5/c1-3-5-7-9-11-13-14-15-16-17-18-19-20-21-22-23-24-25-26-28-30-36-40-46-51(56)59-48(42-37-33-29-27-12-10-8-6-4-2)43-38-34-31-32-35-39-45-50(55)54-49(52(57)58)44-41-47-53/h5,7,11,13,15-16,18-19,37,42,48-49H,3-4,6,8-10,12,14,17,20-36,38-41,43-47,53H2,1-2H3,(H,54,55)(H,57,58)/b7-5-,13-11-,16-15-,19-18-,42-37-. The van der Waals surface area contributed by atoms with Gasteiger partial charge in [0.2, 0.25) is 5.91 Å². The molecule has 0 saturated heterocycles. The van der Waals surface area contributed by atoms with Gasteiger partial charge in [0, 0.05) is 12.8 Å². The van der Waals surface area contributed by atoms with Crippen LogP contribution in [0.2, 0.25) is 0 Å². The van der Waals surface area contributed by atoms with Crippen LogP contribution in [0.25, 0.3) is 0 Å². The van der Waals surface area contributed by atoms with Crippen LogP contribution in [0, 0.1) is 0 Å². The summed E-state index contributed by atoms with van der Waals surface area (Å²) in [6.45, 7) is 4.83. The summed E-state index contributed by atoms with van der Waals surface area (Å²) in [4.78, 5) is 36.4. The summed E-state index contributed by atoms with van der Waals surface area (Å²) in [6, 6.07) is -0.855. The van der Waals surface area contributed by atoms with Gasteiger partial charge in [-0.25, -0.2) is 4.79 Å². The van der Waals surface area contributed by atoms with Crippen molar-refractivity contribution in [1.82, 2.24) is 5.32 Å². The summed E-state index contributed by atoms with van der Waals surface area (Å²) >= 11 is 0. The van der Waals surface area contributed by atoms with Gasteiger partial charge in [0.1, 0.15) is 12.1 Å². The van der Waals surface area contributed by atoms with Gasteiger partial charge in [-0.1, -0.05) is 184 Å². The lowest BCUT2D eigenvalue weighted by molar-refractivity contribution is -0.147. The number of carbonyl (C=O) groups is 3. The first-order chi connectivity index (χ1) is 28.9. The SMILES string of the molecule is CC/C=C\C/C=C\C/C=C\C/C=C\CCCCCCCCCCCCC(=O)OC(/C=C\CCCCCCCCC)CCCCCCCCC(=O)NC(CCCN)C(=O)O. The van der Waals surface area contributed by atoms with E-state index in [0.29, 0.717) is 32.2 Å². The minimum absolute atomic E-state index is 0.0627. The van der Waals surface area contributed by atoms with E-state index in [0.717, 1.165) is 89.9 Å². The molecular formula is C52H92N2O5. The molecule has 7 nitrogen and oxygen atoms in total. The summed E-state index contributed by atoms with van der Waals surface area (Å²) in [5, 5.41) is 11.9. The number of carbonyl (C=O) groups excluding carboxylic acids is 2. The monoisotopic (exact) mass is 825 g/mol. The molecule has 0 saturated carbocycles. The third-order valence-electron chi connectivity index (χ3n) is 10.8. The molecule has 0 aliphatic rings. The van der Waals surface area contributed by atoms with E-state index in [4.69, 9.17) is 10.5 Å². The maximum Gasteiger partial charge on any atom is 0.326 e. The third-order valence-corrected chi connectivity index (χ3v) is 10.8. The molecule has 0 spiro atoms. The Kier molecular flexibility index (Phi) is 43.9. The van der Waals surface area contributed by atoms with E-state index in [1.807, 2.05) is 0 Å². The molecule has 59 heavy (non-hydrogen) atoms. The smallest absolute Gasteiger partial charge is 0.326 e. The highest BCUT2D eigenvalue weighted by Crippen LogP contribution is 2.17. The Bertz CT molecular complexity index is 1110. The third kappa shape index (κ3) is 43.0. The predicted molar refractivity (Wildman–Crippen MR) is 253 cm³/mol. The van der Waals surface area contributed by atoms with Gasteiger partial charge in [0.15, 0.2) is 0 Å². The lowest BCUT2D eigenvalue weighted by Crippen LogP contribution is -2.40. The number of carboxylic acid groups (broad SMARTS) is 1. The number of esters is 1. The molecule has 340 valence electrons. The molecule has 0 aromatic heterocycles. The van der Waals surface area contributed by atoms with Crippen LogP contribution in [0.4, 0.5) is 0 Å². The Hall–Kier alpha value is -2.93. The molecule has 2 atom stereocenters. The fourth-order valence-electron chi connectivity index (χ4n) is 7.12. The molecule has 0 rings (SSSR count). The molecule has 7 heteroatoms.